The molecule has 0 aliphatic carbocycles. The number of carbonyl (C=O) groups is 1. The molecule has 0 aromatic heterocycles. The Bertz CT molecular complexity index is 408. The minimum Gasteiger partial charge on any atom is -0.379 e. The summed E-state index contributed by atoms with van der Waals surface area (Å²) in [5, 5.41) is 2.55. The van der Waals surface area contributed by atoms with Crippen LogP contribution in [0.4, 0.5) is 8.78 Å². The molecule has 0 heterocycles. The van der Waals surface area contributed by atoms with E-state index in [9.17, 15) is 13.6 Å². The van der Waals surface area contributed by atoms with E-state index in [2.05, 4.69) is 5.32 Å². The number of nitrogens with one attached hydrogen (secondary N) is 1. The predicted molar refractivity (Wildman–Crippen MR) is 64.4 cm³/mol. The molecule has 1 rings (SSSR count). The first-order valence-corrected chi connectivity index (χ1v) is 5.85. The molecule has 0 spiro atoms. The van der Waals surface area contributed by atoms with Crippen LogP contribution in [0.2, 0.25) is 0 Å². The van der Waals surface area contributed by atoms with Crippen LogP contribution in [0.15, 0.2) is 18.2 Å². The first-order chi connectivity index (χ1) is 8.50. The zero-order valence-corrected chi connectivity index (χ0v) is 10.5. The number of halogens is 2. The first-order valence-electron chi connectivity index (χ1n) is 5.85. The van der Waals surface area contributed by atoms with E-state index in [-0.39, 0.29) is 11.7 Å². The molecule has 1 aromatic carbocycles. The van der Waals surface area contributed by atoms with Crippen LogP contribution in [0.3, 0.4) is 0 Å². The molecule has 0 unspecified atom stereocenters. The summed E-state index contributed by atoms with van der Waals surface area (Å²) in [6, 6.07) is 2.88. The SMILES string of the molecule is CC(C)OCCCNC(=O)c1ccc(F)cc1F. The van der Waals surface area contributed by atoms with Gasteiger partial charge >= 0.3 is 0 Å². The lowest BCUT2D eigenvalue weighted by atomic mass is 10.2. The van der Waals surface area contributed by atoms with Crippen LogP contribution in [-0.2, 0) is 4.74 Å². The van der Waals surface area contributed by atoms with E-state index in [1.807, 2.05) is 13.8 Å². The Morgan fingerprint density at radius 3 is 2.72 bits per heavy atom. The Hall–Kier alpha value is -1.49. The van der Waals surface area contributed by atoms with Gasteiger partial charge in [0.25, 0.3) is 5.91 Å². The average molecular weight is 257 g/mol. The van der Waals surface area contributed by atoms with Crippen LogP contribution in [0.25, 0.3) is 0 Å². The fourth-order valence-electron chi connectivity index (χ4n) is 1.36. The molecular weight excluding hydrogens is 240 g/mol. The molecule has 1 aromatic rings. The summed E-state index contributed by atoms with van der Waals surface area (Å²) in [7, 11) is 0. The Morgan fingerprint density at radius 1 is 1.39 bits per heavy atom. The van der Waals surface area contributed by atoms with Crippen molar-refractivity contribution in [2.24, 2.45) is 0 Å². The highest BCUT2D eigenvalue weighted by molar-refractivity contribution is 5.94. The van der Waals surface area contributed by atoms with E-state index >= 15 is 0 Å². The topological polar surface area (TPSA) is 38.3 Å². The second-order valence-electron chi connectivity index (χ2n) is 4.15. The maximum absolute atomic E-state index is 13.3. The molecule has 18 heavy (non-hydrogen) atoms. The fourth-order valence-corrected chi connectivity index (χ4v) is 1.36. The normalized spacial score (nSPS) is 10.7. The van der Waals surface area contributed by atoms with Crippen molar-refractivity contribution in [3.05, 3.63) is 35.4 Å². The van der Waals surface area contributed by atoms with Crippen molar-refractivity contribution in [1.29, 1.82) is 0 Å². The fraction of sp³-hybridized carbons (Fsp3) is 0.462. The van der Waals surface area contributed by atoms with Crippen molar-refractivity contribution in [1.82, 2.24) is 5.32 Å². The van der Waals surface area contributed by atoms with Crippen molar-refractivity contribution in [2.45, 2.75) is 26.4 Å². The average Bonchev–Trinajstić information content (AvgIpc) is 2.27. The van der Waals surface area contributed by atoms with E-state index in [1.165, 1.54) is 0 Å². The molecule has 0 bridgehead atoms. The Kier molecular flexibility index (Phi) is 5.71. The van der Waals surface area contributed by atoms with E-state index < -0.39 is 17.5 Å². The van der Waals surface area contributed by atoms with Crippen molar-refractivity contribution in [3.63, 3.8) is 0 Å². The van der Waals surface area contributed by atoms with Crippen molar-refractivity contribution >= 4 is 5.91 Å². The standard InChI is InChI=1S/C13H17F2NO2/c1-9(2)18-7-3-6-16-13(17)11-5-4-10(14)8-12(11)15/h4-5,8-9H,3,6-7H2,1-2H3,(H,16,17). The number of ether oxygens (including phenoxy) is 1. The summed E-state index contributed by atoms with van der Waals surface area (Å²) < 4.78 is 31.2. The lowest BCUT2D eigenvalue weighted by molar-refractivity contribution is 0.0756. The van der Waals surface area contributed by atoms with Crippen LogP contribution in [0.5, 0.6) is 0 Å². The lowest BCUT2D eigenvalue weighted by Gasteiger charge is -2.08. The van der Waals surface area contributed by atoms with Crippen molar-refractivity contribution in [3.8, 4) is 0 Å². The summed E-state index contributed by atoms with van der Waals surface area (Å²) >= 11 is 0. The van der Waals surface area contributed by atoms with Gasteiger partial charge in [-0.05, 0) is 32.4 Å². The van der Waals surface area contributed by atoms with Crippen LogP contribution in [0, 0.1) is 11.6 Å². The molecule has 0 radical (unpaired) electrons. The van der Waals surface area contributed by atoms with Gasteiger partial charge < -0.3 is 10.1 Å². The molecular formula is C13H17F2NO2. The minimum absolute atomic E-state index is 0.148. The molecule has 1 N–H and O–H groups in total. The van der Waals surface area contributed by atoms with Crippen molar-refractivity contribution in [2.75, 3.05) is 13.2 Å². The van der Waals surface area contributed by atoms with Gasteiger partial charge in [-0.25, -0.2) is 8.78 Å². The maximum atomic E-state index is 13.3. The minimum atomic E-state index is -0.856. The molecule has 0 atom stereocenters. The largest absolute Gasteiger partial charge is 0.379 e. The summed E-state index contributed by atoms with van der Waals surface area (Å²) in [5.74, 6) is -2.10. The van der Waals surface area contributed by atoms with Gasteiger partial charge in [-0.3, -0.25) is 4.79 Å². The molecule has 0 aliphatic rings. The van der Waals surface area contributed by atoms with E-state index in [0.717, 1.165) is 12.1 Å². The van der Waals surface area contributed by atoms with Crippen LogP contribution in [0.1, 0.15) is 30.6 Å². The number of hydrogen-bond donors (Lipinski definition) is 1. The summed E-state index contributed by atoms with van der Waals surface area (Å²) in [6.45, 7) is 4.77. The third kappa shape index (κ3) is 4.79. The smallest absolute Gasteiger partial charge is 0.254 e. The van der Waals surface area contributed by atoms with E-state index in [1.54, 1.807) is 0 Å². The van der Waals surface area contributed by atoms with Crippen LogP contribution >= 0.6 is 0 Å². The molecule has 0 saturated heterocycles. The highest BCUT2D eigenvalue weighted by Gasteiger charge is 2.11. The molecule has 5 heteroatoms. The highest BCUT2D eigenvalue weighted by atomic mass is 19.1. The third-order valence-electron chi connectivity index (χ3n) is 2.23. The Morgan fingerprint density at radius 2 is 2.11 bits per heavy atom. The molecule has 0 aliphatic heterocycles. The van der Waals surface area contributed by atoms with E-state index in [4.69, 9.17) is 4.74 Å². The first kappa shape index (κ1) is 14.6. The summed E-state index contributed by atoms with van der Waals surface area (Å²) in [6.07, 6.45) is 0.794. The second-order valence-corrected chi connectivity index (χ2v) is 4.15. The maximum Gasteiger partial charge on any atom is 0.254 e. The van der Waals surface area contributed by atoms with Crippen molar-refractivity contribution < 1.29 is 18.3 Å². The van der Waals surface area contributed by atoms with Crippen LogP contribution < -0.4 is 5.32 Å². The third-order valence-corrected chi connectivity index (χ3v) is 2.23. The van der Waals surface area contributed by atoms with Gasteiger partial charge in [0.15, 0.2) is 0 Å². The predicted octanol–water partition coefficient (Wildman–Crippen LogP) is 2.51. The zero-order chi connectivity index (χ0) is 13.5. The quantitative estimate of drug-likeness (QED) is 0.795. The number of carbonyl (C=O) groups excluding carboxylic acids is 1. The monoisotopic (exact) mass is 257 g/mol. The number of amides is 1. The van der Waals surface area contributed by atoms with Gasteiger partial charge in [-0.1, -0.05) is 0 Å². The highest BCUT2D eigenvalue weighted by Crippen LogP contribution is 2.09. The van der Waals surface area contributed by atoms with Gasteiger partial charge in [0.05, 0.1) is 11.7 Å². The zero-order valence-electron chi connectivity index (χ0n) is 10.5. The van der Waals surface area contributed by atoms with Gasteiger partial charge in [0, 0.05) is 19.2 Å². The summed E-state index contributed by atoms with van der Waals surface area (Å²) in [4.78, 5) is 11.6. The van der Waals surface area contributed by atoms with Gasteiger partial charge in [-0.15, -0.1) is 0 Å². The number of hydrogen-bond acceptors (Lipinski definition) is 2. The van der Waals surface area contributed by atoms with Gasteiger partial charge in [0.1, 0.15) is 11.6 Å². The van der Waals surface area contributed by atoms with E-state index in [0.29, 0.717) is 25.6 Å². The molecule has 3 nitrogen and oxygen atoms in total. The van der Waals surface area contributed by atoms with Crippen LogP contribution in [-0.4, -0.2) is 25.2 Å². The Labute approximate surface area is 105 Å². The summed E-state index contributed by atoms with van der Waals surface area (Å²) in [5.41, 5.74) is -0.152. The molecule has 0 saturated carbocycles. The molecule has 100 valence electrons. The van der Waals surface area contributed by atoms with Gasteiger partial charge in [-0.2, -0.15) is 0 Å². The second kappa shape index (κ2) is 7.06. The lowest BCUT2D eigenvalue weighted by Crippen LogP contribution is -2.26. The number of rotatable bonds is 6. The number of benzene rings is 1. The Balaban J connectivity index is 2.36. The molecule has 0 fully saturated rings. The molecule has 1 amide bonds. The van der Waals surface area contributed by atoms with Gasteiger partial charge in [0.2, 0.25) is 0 Å².